The lowest BCUT2D eigenvalue weighted by molar-refractivity contribution is 0.454. The first-order valence-electron chi connectivity index (χ1n) is 6.07. The molecule has 0 radical (unpaired) electrons. The molecule has 0 amide bonds. The van der Waals surface area contributed by atoms with Gasteiger partial charge in [-0.05, 0) is 13.0 Å². The molecule has 0 atom stereocenters. The van der Waals surface area contributed by atoms with E-state index in [1.165, 1.54) is 11.3 Å². The van der Waals surface area contributed by atoms with Crippen LogP contribution in [0.15, 0.2) is 34.4 Å². The van der Waals surface area contributed by atoms with Crippen LogP contribution in [0.4, 0.5) is 0 Å². The third-order valence-electron chi connectivity index (χ3n) is 2.87. The van der Waals surface area contributed by atoms with Crippen LogP contribution in [0.25, 0.3) is 22.0 Å². The van der Waals surface area contributed by atoms with E-state index in [2.05, 4.69) is 15.0 Å². The lowest BCUT2D eigenvalue weighted by Gasteiger charge is -2.06. The van der Waals surface area contributed by atoms with E-state index in [1.807, 2.05) is 12.3 Å². The quantitative estimate of drug-likeness (QED) is 0.760. The van der Waals surface area contributed by atoms with Crippen LogP contribution in [0.2, 0.25) is 5.02 Å². The Morgan fingerprint density at radius 3 is 2.67 bits per heavy atom. The molecular formula is C14H10ClN3O2S. The molecule has 0 bridgehead atoms. The van der Waals surface area contributed by atoms with Crippen LogP contribution in [-0.4, -0.2) is 20.1 Å². The molecule has 0 aliphatic heterocycles. The van der Waals surface area contributed by atoms with Crippen LogP contribution in [-0.2, 0) is 0 Å². The minimum absolute atomic E-state index is 0.0534. The molecule has 0 saturated heterocycles. The Labute approximate surface area is 128 Å². The summed E-state index contributed by atoms with van der Waals surface area (Å²) in [5.74, 6) is -0.124. The van der Waals surface area contributed by atoms with Crippen molar-refractivity contribution in [3.63, 3.8) is 0 Å². The Kier molecular flexibility index (Phi) is 3.48. The van der Waals surface area contributed by atoms with Crippen LogP contribution < -0.4 is 5.56 Å². The number of aromatic nitrogens is 3. The third-order valence-corrected chi connectivity index (χ3v) is 4.16. The Morgan fingerprint density at radius 2 is 2.05 bits per heavy atom. The molecule has 2 aromatic heterocycles. The van der Waals surface area contributed by atoms with E-state index in [-0.39, 0.29) is 17.3 Å². The first kappa shape index (κ1) is 13.8. The fourth-order valence-electron chi connectivity index (χ4n) is 1.93. The van der Waals surface area contributed by atoms with E-state index in [9.17, 15) is 9.90 Å². The highest BCUT2D eigenvalue weighted by Crippen LogP contribution is 2.31. The smallest absolute Gasteiger partial charge is 0.263 e. The van der Waals surface area contributed by atoms with Crippen molar-refractivity contribution < 1.29 is 5.11 Å². The molecule has 0 aliphatic carbocycles. The number of halogens is 1. The molecule has 0 fully saturated rings. The number of benzene rings is 1. The van der Waals surface area contributed by atoms with E-state index >= 15 is 0 Å². The molecule has 0 spiro atoms. The molecule has 3 rings (SSSR count). The summed E-state index contributed by atoms with van der Waals surface area (Å²) in [6.45, 7) is 1.84. The van der Waals surface area contributed by atoms with Gasteiger partial charge in [0, 0.05) is 21.7 Å². The zero-order chi connectivity index (χ0) is 15.0. The van der Waals surface area contributed by atoms with Gasteiger partial charge in [0.15, 0.2) is 10.8 Å². The van der Waals surface area contributed by atoms with Gasteiger partial charge in [-0.2, -0.15) is 4.98 Å². The van der Waals surface area contributed by atoms with Gasteiger partial charge in [0.25, 0.3) is 5.56 Å². The lowest BCUT2D eigenvalue weighted by atomic mass is 10.1. The predicted molar refractivity (Wildman–Crippen MR) is 82.8 cm³/mol. The topological polar surface area (TPSA) is 78.9 Å². The van der Waals surface area contributed by atoms with Crippen molar-refractivity contribution in [3.05, 3.63) is 50.7 Å². The van der Waals surface area contributed by atoms with Gasteiger partial charge < -0.3 is 10.1 Å². The average molecular weight is 320 g/mol. The predicted octanol–water partition coefficient (Wildman–Crippen LogP) is 3.23. The molecule has 0 aliphatic rings. The Bertz CT molecular complexity index is 873. The highest BCUT2D eigenvalue weighted by atomic mass is 35.5. The summed E-state index contributed by atoms with van der Waals surface area (Å²) in [5.41, 5.74) is 0.857. The van der Waals surface area contributed by atoms with Crippen molar-refractivity contribution in [1.29, 1.82) is 0 Å². The Hall–Kier alpha value is -2.18. The van der Waals surface area contributed by atoms with Gasteiger partial charge in [0.05, 0.1) is 0 Å². The molecule has 0 saturated carbocycles. The SMILES string of the molecule is Cc1csc(-c2nc(O)c(-c3ccccc3Cl)c(=O)[nH]2)n1. The van der Waals surface area contributed by atoms with E-state index in [1.54, 1.807) is 24.3 Å². The average Bonchev–Trinajstić information content (AvgIpc) is 2.87. The zero-order valence-corrected chi connectivity index (χ0v) is 12.5. The molecular weight excluding hydrogens is 310 g/mol. The molecule has 21 heavy (non-hydrogen) atoms. The molecule has 2 heterocycles. The number of thiazole rings is 1. The number of hydrogen-bond acceptors (Lipinski definition) is 5. The van der Waals surface area contributed by atoms with Crippen molar-refractivity contribution in [2.24, 2.45) is 0 Å². The van der Waals surface area contributed by atoms with Gasteiger partial charge in [0.2, 0.25) is 5.88 Å². The normalized spacial score (nSPS) is 10.8. The summed E-state index contributed by atoms with van der Waals surface area (Å²) in [6, 6.07) is 6.78. The van der Waals surface area contributed by atoms with E-state index in [0.29, 0.717) is 15.6 Å². The standard InChI is InChI=1S/C14H10ClN3O2S/c1-7-6-21-14(16-7)11-17-12(19)10(13(20)18-11)8-4-2-3-5-9(8)15/h2-6H,1H3,(H2,17,18,19,20). The second kappa shape index (κ2) is 5.31. The summed E-state index contributed by atoms with van der Waals surface area (Å²) in [5, 5.41) is 12.9. The summed E-state index contributed by atoms with van der Waals surface area (Å²) in [7, 11) is 0. The third kappa shape index (κ3) is 2.55. The van der Waals surface area contributed by atoms with Crippen molar-refractivity contribution in [2.45, 2.75) is 6.92 Å². The minimum atomic E-state index is -0.460. The number of aryl methyl sites for hydroxylation is 1. The number of H-pyrrole nitrogens is 1. The number of hydrogen-bond donors (Lipinski definition) is 2. The summed E-state index contributed by atoms with van der Waals surface area (Å²) in [4.78, 5) is 23.1. The number of rotatable bonds is 2. The maximum atomic E-state index is 12.3. The highest BCUT2D eigenvalue weighted by molar-refractivity contribution is 7.13. The summed E-state index contributed by atoms with van der Waals surface area (Å²) < 4.78 is 0. The number of aromatic hydroxyl groups is 1. The van der Waals surface area contributed by atoms with Gasteiger partial charge >= 0.3 is 0 Å². The van der Waals surface area contributed by atoms with E-state index in [0.717, 1.165) is 5.69 Å². The summed E-state index contributed by atoms with van der Waals surface area (Å²) in [6.07, 6.45) is 0. The first-order chi connectivity index (χ1) is 10.1. The molecule has 2 N–H and O–H groups in total. The zero-order valence-electron chi connectivity index (χ0n) is 10.9. The van der Waals surface area contributed by atoms with Crippen LogP contribution in [0.3, 0.4) is 0 Å². The maximum absolute atomic E-state index is 12.3. The van der Waals surface area contributed by atoms with Gasteiger partial charge in [-0.1, -0.05) is 29.8 Å². The van der Waals surface area contributed by atoms with Crippen molar-refractivity contribution in [3.8, 4) is 27.8 Å². The molecule has 0 unspecified atom stereocenters. The van der Waals surface area contributed by atoms with E-state index in [4.69, 9.17) is 11.6 Å². The maximum Gasteiger partial charge on any atom is 0.263 e. The molecule has 7 heteroatoms. The number of nitrogens with zero attached hydrogens (tertiary/aromatic N) is 2. The lowest BCUT2D eigenvalue weighted by Crippen LogP contribution is -2.12. The van der Waals surface area contributed by atoms with Crippen molar-refractivity contribution in [1.82, 2.24) is 15.0 Å². The second-order valence-electron chi connectivity index (χ2n) is 4.39. The van der Waals surface area contributed by atoms with Crippen LogP contribution >= 0.6 is 22.9 Å². The van der Waals surface area contributed by atoms with Gasteiger partial charge in [0.1, 0.15) is 5.56 Å². The van der Waals surface area contributed by atoms with E-state index < -0.39 is 5.56 Å². The van der Waals surface area contributed by atoms with Crippen molar-refractivity contribution in [2.75, 3.05) is 0 Å². The monoisotopic (exact) mass is 319 g/mol. The van der Waals surface area contributed by atoms with Crippen LogP contribution in [0.5, 0.6) is 5.88 Å². The second-order valence-corrected chi connectivity index (χ2v) is 5.65. The largest absolute Gasteiger partial charge is 0.493 e. The number of aromatic amines is 1. The molecule has 106 valence electrons. The molecule has 1 aromatic carbocycles. The number of nitrogens with one attached hydrogen (secondary N) is 1. The minimum Gasteiger partial charge on any atom is -0.493 e. The summed E-state index contributed by atoms with van der Waals surface area (Å²) >= 11 is 7.40. The van der Waals surface area contributed by atoms with Gasteiger partial charge in [-0.3, -0.25) is 4.79 Å². The fourth-order valence-corrected chi connectivity index (χ4v) is 2.90. The molecule has 5 nitrogen and oxygen atoms in total. The van der Waals surface area contributed by atoms with Crippen molar-refractivity contribution >= 4 is 22.9 Å². The Balaban J connectivity index is 2.18. The van der Waals surface area contributed by atoms with Gasteiger partial charge in [-0.15, -0.1) is 11.3 Å². The first-order valence-corrected chi connectivity index (χ1v) is 7.32. The van der Waals surface area contributed by atoms with Crippen LogP contribution in [0.1, 0.15) is 5.69 Å². The van der Waals surface area contributed by atoms with Gasteiger partial charge in [-0.25, -0.2) is 4.98 Å². The fraction of sp³-hybridized carbons (Fsp3) is 0.0714. The highest BCUT2D eigenvalue weighted by Gasteiger charge is 2.17. The van der Waals surface area contributed by atoms with Crippen LogP contribution in [0, 0.1) is 6.92 Å². The molecule has 3 aromatic rings. The Morgan fingerprint density at radius 1 is 1.29 bits per heavy atom.